The van der Waals surface area contributed by atoms with Gasteiger partial charge in [-0.05, 0) is 41.0 Å². The van der Waals surface area contributed by atoms with Crippen LogP contribution in [0.2, 0.25) is 0 Å². The number of nitrogens with one attached hydrogen (secondary N) is 2. The standard InChI is InChI=1S/C28H34N4O2/c29-26-8-1-2-9-27(26)30-14-4-5-22-10-12-23(13-11-22)28(24-6-3-7-25(33)21-24)31-15-16-32-17-19-34-20-18-32/h1-13,21,28,30-31,33H,14-20,29H2/b5-4+. The van der Waals surface area contributed by atoms with Crippen molar-refractivity contribution < 1.29 is 9.84 Å². The lowest BCUT2D eigenvalue weighted by atomic mass is 9.97. The molecule has 1 atom stereocenters. The third kappa shape index (κ3) is 6.84. The average molecular weight is 459 g/mol. The molecule has 34 heavy (non-hydrogen) atoms. The van der Waals surface area contributed by atoms with Crippen LogP contribution in [0.15, 0.2) is 78.9 Å². The van der Waals surface area contributed by atoms with Crippen LogP contribution in [-0.4, -0.2) is 55.9 Å². The highest BCUT2D eigenvalue weighted by molar-refractivity contribution is 5.66. The molecule has 1 heterocycles. The predicted octanol–water partition coefficient (Wildman–Crippen LogP) is 4.11. The molecule has 6 heteroatoms. The van der Waals surface area contributed by atoms with Crippen molar-refractivity contribution in [3.05, 3.63) is 95.6 Å². The number of nitrogen functional groups attached to an aromatic ring is 1. The van der Waals surface area contributed by atoms with Crippen molar-refractivity contribution in [2.75, 3.05) is 57.0 Å². The molecule has 1 aliphatic heterocycles. The molecule has 0 radical (unpaired) electrons. The summed E-state index contributed by atoms with van der Waals surface area (Å²) in [5, 5.41) is 17.1. The van der Waals surface area contributed by atoms with Crippen molar-refractivity contribution in [3.63, 3.8) is 0 Å². The molecule has 0 spiro atoms. The molecule has 4 rings (SSSR count). The fourth-order valence-electron chi connectivity index (χ4n) is 4.15. The number of para-hydroxylation sites is 2. The van der Waals surface area contributed by atoms with Gasteiger partial charge in [0.25, 0.3) is 0 Å². The van der Waals surface area contributed by atoms with E-state index in [2.05, 4.69) is 58.0 Å². The number of benzene rings is 3. The predicted molar refractivity (Wildman–Crippen MR) is 140 cm³/mol. The summed E-state index contributed by atoms with van der Waals surface area (Å²) in [7, 11) is 0. The Morgan fingerprint density at radius 2 is 1.76 bits per heavy atom. The Morgan fingerprint density at radius 1 is 0.971 bits per heavy atom. The highest BCUT2D eigenvalue weighted by atomic mass is 16.5. The van der Waals surface area contributed by atoms with Gasteiger partial charge >= 0.3 is 0 Å². The van der Waals surface area contributed by atoms with Gasteiger partial charge in [0.1, 0.15) is 5.75 Å². The molecule has 1 fully saturated rings. The summed E-state index contributed by atoms with van der Waals surface area (Å²) in [6.07, 6.45) is 4.19. The van der Waals surface area contributed by atoms with E-state index in [0.717, 1.165) is 61.9 Å². The highest BCUT2D eigenvalue weighted by Crippen LogP contribution is 2.25. The maximum atomic E-state index is 10.0. The number of phenols is 1. The van der Waals surface area contributed by atoms with Crippen LogP contribution < -0.4 is 16.4 Å². The van der Waals surface area contributed by atoms with E-state index in [1.807, 2.05) is 36.4 Å². The number of phenolic OH excluding ortho intramolecular Hbond substituents is 1. The summed E-state index contributed by atoms with van der Waals surface area (Å²) in [6, 6.07) is 23.8. The summed E-state index contributed by atoms with van der Waals surface area (Å²) < 4.78 is 5.45. The van der Waals surface area contributed by atoms with Gasteiger partial charge in [-0.25, -0.2) is 0 Å². The van der Waals surface area contributed by atoms with Gasteiger partial charge in [0, 0.05) is 32.7 Å². The van der Waals surface area contributed by atoms with Crippen molar-refractivity contribution in [1.29, 1.82) is 0 Å². The fraction of sp³-hybridized carbons (Fsp3) is 0.286. The quantitative estimate of drug-likeness (QED) is 0.342. The van der Waals surface area contributed by atoms with E-state index < -0.39 is 0 Å². The van der Waals surface area contributed by atoms with Gasteiger partial charge in [-0.3, -0.25) is 4.90 Å². The molecule has 3 aromatic carbocycles. The zero-order valence-corrected chi connectivity index (χ0v) is 19.5. The highest BCUT2D eigenvalue weighted by Gasteiger charge is 2.16. The molecule has 0 aliphatic carbocycles. The molecule has 3 aromatic rings. The molecule has 0 aromatic heterocycles. The van der Waals surface area contributed by atoms with E-state index in [1.165, 1.54) is 5.56 Å². The van der Waals surface area contributed by atoms with E-state index in [4.69, 9.17) is 10.5 Å². The first-order valence-corrected chi connectivity index (χ1v) is 11.9. The van der Waals surface area contributed by atoms with Gasteiger partial charge < -0.3 is 26.2 Å². The number of ether oxygens (including phenoxy) is 1. The minimum atomic E-state index is 0.00823. The minimum Gasteiger partial charge on any atom is -0.508 e. The average Bonchev–Trinajstić information content (AvgIpc) is 2.87. The van der Waals surface area contributed by atoms with Crippen molar-refractivity contribution in [2.24, 2.45) is 0 Å². The summed E-state index contributed by atoms with van der Waals surface area (Å²) >= 11 is 0. The number of hydrogen-bond donors (Lipinski definition) is 4. The van der Waals surface area contributed by atoms with Gasteiger partial charge in [-0.1, -0.05) is 60.7 Å². The van der Waals surface area contributed by atoms with Gasteiger partial charge in [-0.15, -0.1) is 0 Å². The molecular formula is C28H34N4O2. The van der Waals surface area contributed by atoms with Crippen LogP contribution in [0.4, 0.5) is 11.4 Å². The second kappa shape index (κ2) is 12.2. The van der Waals surface area contributed by atoms with Crippen LogP contribution in [0.3, 0.4) is 0 Å². The minimum absolute atomic E-state index is 0.00823. The smallest absolute Gasteiger partial charge is 0.115 e. The normalized spacial score (nSPS) is 15.4. The molecule has 5 N–H and O–H groups in total. The number of hydrogen-bond acceptors (Lipinski definition) is 6. The first kappa shape index (κ1) is 23.8. The molecule has 6 nitrogen and oxygen atoms in total. The number of anilines is 2. The molecule has 1 saturated heterocycles. The number of rotatable bonds is 10. The maximum Gasteiger partial charge on any atom is 0.115 e. The van der Waals surface area contributed by atoms with Crippen molar-refractivity contribution in [2.45, 2.75) is 6.04 Å². The van der Waals surface area contributed by atoms with E-state index in [0.29, 0.717) is 6.54 Å². The number of aromatic hydroxyl groups is 1. The summed E-state index contributed by atoms with van der Waals surface area (Å²) in [6.45, 7) is 6.09. The van der Waals surface area contributed by atoms with Gasteiger partial charge in [0.05, 0.1) is 30.6 Å². The first-order chi connectivity index (χ1) is 16.7. The molecule has 1 unspecified atom stereocenters. The largest absolute Gasteiger partial charge is 0.508 e. The molecule has 0 bridgehead atoms. The van der Waals surface area contributed by atoms with Crippen LogP contribution in [0.1, 0.15) is 22.7 Å². The van der Waals surface area contributed by atoms with Crippen molar-refractivity contribution in [1.82, 2.24) is 10.2 Å². The third-order valence-electron chi connectivity index (χ3n) is 6.03. The topological polar surface area (TPSA) is 82.8 Å². The Morgan fingerprint density at radius 3 is 2.53 bits per heavy atom. The zero-order chi connectivity index (χ0) is 23.6. The van der Waals surface area contributed by atoms with E-state index in [9.17, 15) is 5.11 Å². The maximum absolute atomic E-state index is 10.0. The Labute approximate surface area is 202 Å². The number of nitrogens with zero attached hydrogens (tertiary/aromatic N) is 1. The Balaban J connectivity index is 1.38. The van der Waals surface area contributed by atoms with E-state index >= 15 is 0 Å². The van der Waals surface area contributed by atoms with Crippen LogP contribution in [0, 0.1) is 0 Å². The number of morpholine rings is 1. The van der Waals surface area contributed by atoms with Gasteiger partial charge in [0.2, 0.25) is 0 Å². The Hall–Kier alpha value is -3.32. The van der Waals surface area contributed by atoms with E-state index in [-0.39, 0.29) is 11.8 Å². The second-order valence-corrected chi connectivity index (χ2v) is 8.47. The first-order valence-electron chi connectivity index (χ1n) is 11.9. The molecule has 0 amide bonds. The molecule has 0 saturated carbocycles. The van der Waals surface area contributed by atoms with Crippen LogP contribution in [0.25, 0.3) is 6.08 Å². The molecule has 178 valence electrons. The fourth-order valence-corrected chi connectivity index (χ4v) is 4.15. The monoisotopic (exact) mass is 458 g/mol. The summed E-state index contributed by atoms with van der Waals surface area (Å²) in [5.41, 5.74) is 11.0. The van der Waals surface area contributed by atoms with Crippen LogP contribution >= 0.6 is 0 Å². The lowest BCUT2D eigenvalue weighted by molar-refractivity contribution is 0.0382. The van der Waals surface area contributed by atoms with Gasteiger partial charge in [-0.2, -0.15) is 0 Å². The van der Waals surface area contributed by atoms with Crippen LogP contribution in [-0.2, 0) is 4.74 Å². The molecule has 1 aliphatic rings. The van der Waals surface area contributed by atoms with E-state index in [1.54, 1.807) is 6.07 Å². The lowest BCUT2D eigenvalue weighted by Gasteiger charge is -2.28. The van der Waals surface area contributed by atoms with Crippen LogP contribution in [0.5, 0.6) is 5.75 Å². The lowest BCUT2D eigenvalue weighted by Crippen LogP contribution is -2.41. The molecular weight excluding hydrogens is 424 g/mol. The van der Waals surface area contributed by atoms with Crippen molar-refractivity contribution in [3.8, 4) is 5.75 Å². The Bertz CT molecular complexity index is 1060. The Kier molecular flexibility index (Phi) is 8.57. The van der Waals surface area contributed by atoms with Crippen molar-refractivity contribution >= 4 is 17.5 Å². The summed E-state index contributed by atoms with van der Waals surface area (Å²) in [4.78, 5) is 2.42. The zero-order valence-electron chi connectivity index (χ0n) is 19.5. The second-order valence-electron chi connectivity index (χ2n) is 8.47. The third-order valence-corrected chi connectivity index (χ3v) is 6.03. The summed E-state index contributed by atoms with van der Waals surface area (Å²) in [5.74, 6) is 0.281. The SMILES string of the molecule is Nc1ccccc1NC/C=C/c1ccc(C(NCCN2CCOCC2)c2cccc(O)c2)cc1. The van der Waals surface area contributed by atoms with Gasteiger partial charge in [0.15, 0.2) is 0 Å². The number of nitrogens with two attached hydrogens (primary N) is 1.